The zero-order valence-electron chi connectivity index (χ0n) is 33.7. The molecule has 0 saturated heterocycles. The van der Waals surface area contributed by atoms with Gasteiger partial charge >= 0.3 is 20.1 Å². The van der Waals surface area contributed by atoms with E-state index < -0.39 is 0 Å². The molecule has 0 aliphatic heterocycles. The van der Waals surface area contributed by atoms with Crippen LogP contribution in [0.1, 0.15) is 125 Å². The fourth-order valence-corrected chi connectivity index (χ4v) is 7.51. The van der Waals surface area contributed by atoms with Crippen molar-refractivity contribution in [1.82, 2.24) is 9.97 Å². The van der Waals surface area contributed by atoms with Crippen molar-refractivity contribution < 1.29 is 20.1 Å². The second kappa shape index (κ2) is 15.2. The molecule has 4 aromatic carbocycles. The van der Waals surface area contributed by atoms with Gasteiger partial charge in [-0.15, -0.1) is 41.2 Å². The van der Waals surface area contributed by atoms with Gasteiger partial charge in [0.05, 0.1) is 5.69 Å². The molecule has 1 aliphatic carbocycles. The average Bonchev–Trinajstić information content (AvgIpc) is 3.24. The molecule has 1 heterocycles. The Labute approximate surface area is 322 Å². The number of hydrogen-bond acceptors (Lipinski definition) is 2. The number of aryl methyl sites for hydroxylation is 1. The Morgan fingerprint density at radius 2 is 1.14 bits per heavy atom. The van der Waals surface area contributed by atoms with E-state index >= 15 is 0 Å². The van der Waals surface area contributed by atoms with Crippen molar-refractivity contribution in [2.75, 3.05) is 0 Å². The Bertz CT molecular complexity index is 2000. The van der Waals surface area contributed by atoms with Gasteiger partial charge in [-0.1, -0.05) is 156 Å². The molecule has 0 bridgehead atoms. The summed E-state index contributed by atoms with van der Waals surface area (Å²) in [4.78, 5) is 10.2. The van der Waals surface area contributed by atoms with Crippen molar-refractivity contribution in [2.45, 2.75) is 138 Å². The Kier molecular flexibility index (Phi) is 12.2. The minimum absolute atomic E-state index is 0. The smallest absolute Gasteiger partial charge is 0.675 e. The third kappa shape index (κ3) is 8.33. The normalized spacial score (nSPS) is 13.9. The summed E-state index contributed by atoms with van der Waals surface area (Å²) in [5, 5.41) is 14.1. The van der Waals surface area contributed by atoms with E-state index in [0.717, 1.165) is 28.2 Å². The Morgan fingerprint density at radius 1 is 0.647 bits per heavy atom. The molecule has 0 amide bonds. The second-order valence-electron chi connectivity index (χ2n) is 17.6. The van der Waals surface area contributed by atoms with Gasteiger partial charge in [0, 0.05) is 16.7 Å². The summed E-state index contributed by atoms with van der Waals surface area (Å²) in [6.07, 6.45) is 0.185. The summed E-state index contributed by atoms with van der Waals surface area (Å²) in [7, 11) is 0. The van der Waals surface area contributed by atoms with Gasteiger partial charge in [-0.2, -0.15) is 0 Å². The minimum atomic E-state index is -0.259. The first-order valence-corrected chi connectivity index (χ1v) is 18.5. The fraction of sp³-hybridized carbons (Fsp3) is 0.478. The third-order valence-electron chi connectivity index (χ3n) is 9.71. The van der Waals surface area contributed by atoms with Crippen LogP contribution in [0, 0.1) is 18.9 Å². The molecule has 4 nitrogen and oxygen atoms in total. The van der Waals surface area contributed by atoms with Gasteiger partial charge in [-0.05, 0) is 51.3 Å². The Balaban J connectivity index is 0.000000388. The summed E-state index contributed by atoms with van der Waals surface area (Å²) < 4.78 is 0. The Hall–Kier alpha value is -2.95. The monoisotopic (exact) mass is 860 g/mol. The molecule has 0 saturated carbocycles. The van der Waals surface area contributed by atoms with Crippen LogP contribution in [0.4, 0.5) is 0 Å². The van der Waals surface area contributed by atoms with Crippen LogP contribution in [-0.2, 0) is 36.4 Å². The van der Waals surface area contributed by atoms with E-state index in [1.165, 1.54) is 44.0 Å². The maximum atomic E-state index is 5.13. The van der Waals surface area contributed by atoms with Crippen molar-refractivity contribution in [3.8, 4) is 22.5 Å². The van der Waals surface area contributed by atoms with Crippen molar-refractivity contribution in [1.29, 1.82) is 0 Å². The first-order valence-electron chi connectivity index (χ1n) is 18.5. The van der Waals surface area contributed by atoms with E-state index in [1.54, 1.807) is 0 Å². The van der Waals surface area contributed by atoms with Gasteiger partial charge in [-0.3, -0.25) is 4.98 Å². The van der Waals surface area contributed by atoms with Gasteiger partial charge in [0.15, 0.2) is 0 Å². The van der Waals surface area contributed by atoms with E-state index in [2.05, 4.69) is 174 Å². The topological polar surface area (TPSA) is 54.0 Å². The molecule has 51 heavy (non-hydrogen) atoms. The molecule has 6 rings (SSSR count). The third-order valence-corrected chi connectivity index (χ3v) is 9.71. The number of hydrogen-bond donors (Lipinski definition) is 0. The summed E-state index contributed by atoms with van der Waals surface area (Å²) in [5.74, 6) is 1.32. The van der Waals surface area contributed by atoms with Crippen LogP contribution in [-0.4, -0.2) is 28.2 Å². The Morgan fingerprint density at radius 3 is 1.67 bits per heavy atom. The van der Waals surface area contributed by atoms with Gasteiger partial charge in [0.1, 0.15) is 5.82 Å². The van der Waals surface area contributed by atoms with Crippen LogP contribution >= 0.6 is 0 Å². The van der Waals surface area contributed by atoms with Gasteiger partial charge in [0.2, 0.25) is 0 Å². The van der Waals surface area contributed by atoms with E-state index in [9.17, 15) is 0 Å². The van der Waals surface area contributed by atoms with Crippen LogP contribution in [0.3, 0.4) is 0 Å². The molecular weight excluding hydrogens is 801 g/mol. The van der Waals surface area contributed by atoms with E-state index in [-0.39, 0.29) is 42.5 Å². The van der Waals surface area contributed by atoms with Crippen LogP contribution < -0.4 is 0 Å². The van der Waals surface area contributed by atoms with Gasteiger partial charge in [-0.25, -0.2) is 11.1 Å². The summed E-state index contributed by atoms with van der Waals surface area (Å²) >= 11 is 0. The largest absolute Gasteiger partial charge is 3.00 e. The average molecular weight is 860 g/mol. The predicted octanol–water partition coefficient (Wildman–Crippen LogP) is 13.0. The van der Waals surface area contributed by atoms with Crippen molar-refractivity contribution in [2.24, 2.45) is 5.92 Å². The van der Waals surface area contributed by atoms with E-state index in [0.29, 0.717) is 18.0 Å². The molecule has 0 atom stereocenters. The second-order valence-corrected chi connectivity index (χ2v) is 17.6. The summed E-state index contributed by atoms with van der Waals surface area (Å²) in [5.41, 5.74) is 9.37. The number of fused-ring (bicyclic) bond motifs is 6. The standard InChI is InChI=1S/C36H37N2.C10H22N2.Ir/c1-21-37-32(23-18-22-14-10-11-15-24(22)28(19-23)34(2,3)4)31-33(38-21)27-20-29(35(5,6)7)25-16-12-13-17-26(25)30(27)36(31,8)9;1-7(2)10(11-8(3)4)12-9(5)6;/h10-17,19-20H,1-9H3;7-10H,1-6H3;/q-1;-2;+3. The maximum Gasteiger partial charge on any atom is 3.00 e. The molecule has 5 aromatic rings. The molecule has 272 valence electrons. The molecule has 0 radical (unpaired) electrons. The van der Waals surface area contributed by atoms with E-state index in [1.807, 2.05) is 6.92 Å². The zero-order chi connectivity index (χ0) is 36.9. The van der Waals surface area contributed by atoms with Crippen molar-refractivity contribution >= 4 is 21.5 Å². The number of benzene rings is 4. The summed E-state index contributed by atoms with van der Waals surface area (Å²) in [6.45, 7) is 33.2. The minimum Gasteiger partial charge on any atom is -0.675 e. The number of rotatable bonds is 6. The van der Waals surface area contributed by atoms with Crippen LogP contribution in [0.25, 0.3) is 54.7 Å². The predicted molar refractivity (Wildman–Crippen MR) is 217 cm³/mol. The first kappa shape index (κ1) is 40.8. The number of nitrogens with zero attached hydrogens (tertiary/aromatic N) is 4. The molecule has 0 N–H and O–H groups in total. The molecule has 0 spiro atoms. The SMILES string of the molecule is CC(C)[N-]C([N-]C(C)C)C(C)C.Cc1nc(-c2[c-]c3ccccc3c(C(C)(C)C)c2)c2c(n1)-c1cc(C(C)(C)C)c3ccccc3c1C2(C)C.[Ir+3]. The van der Waals surface area contributed by atoms with Gasteiger partial charge in [0.25, 0.3) is 0 Å². The van der Waals surface area contributed by atoms with Crippen LogP contribution in [0.15, 0.2) is 60.7 Å². The molecule has 0 unspecified atom stereocenters. The quantitative estimate of drug-likeness (QED) is 0.160. The van der Waals surface area contributed by atoms with Crippen molar-refractivity contribution in [3.63, 3.8) is 0 Å². The fourth-order valence-electron chi connectivity index (χ4n) is 7.51. The molecule has 1 aromatic heterocycles. The first-order chi connectivity index (χ1) is 23.2. The van der Waals surface area contributed by atoms with Crippen LogP contribution in [0.2, 0.25) is 0 Å². The number of aromatic nitrogens is 2. The molecule has 0 fully saturated rings. The molecule has 5 heteroatoms. The van der Waals surface area contributed by atoms with Crippen LogP contribution in [0.5, 0.6) is 0 Å². The maximum absolute atomic E-state index is 5.13. The van der Waals surface area contributed by atoms with E-state index in [4.69, 9.17) is 9.97 Å². The molecule has 1 aliphatic rings. The summed E-state index contributed by atoms with van der Waals surface area (Å²) in [6, 6.07) is 26.8. The van der Waals surface area contributed by atoms with Crippen molar-refractivity contribution in [3.05, 3.63) is 105 Å². The molecular formula is C46H59IrN4. The van der Waals surface area contributed by atoms with Gasteiger partial charge < -0.3 is 10.6 Å². The zero-order valence-corrected chi connectivity index (χ0v) is 36.1.